The molecule has 1 heterocycles. The van der Waals surface area contributed by atoms with Gasteiger partial charge in [0.2, 0.25) is 0 Å². The highest BCUT2D eigenvalue weighted by molar-refractivity contribution is 14.1. The summed E-state index contributed by atoms with van der Waals surface area (Å²) in [5.74, 6) is 0.453. The predicted molar refractivity (Wildman–Crippen MR) is 96.8 cm³/mol. The molecule has 0 unspecified atom stereocenters. The average molecular weight is 510 g/mol. The van der Waals surface area contributed by atoms with Crippen molar-refractivity contribution in [2.45, 2.75) is 0 Å². The fourth-order valence-electron chi connectivity index (χ4n) is 1.89. The molecule has 0 bridgehead atoms. The topological polar surface area (TPSA) is 58.6 Å². The second-order valence-electron chi connectivity index (χ2n) is 4.21. The van der Waals surface area contributed by atoms with E-state index < -0.39 is 6.03 Å². The number of methoxy groups -OCH3 is 1. The van der Waals surface area contributed by atoms with Crippen LogP contribution in [0.4, 0.5) is 4.79 Å². The van der Waals surface area contributed by atoms with E-state index in [0.717, 1.165) is 23.4 Å². The highest BCUT2D eigenvalue weighted by atomic mass is 127. The van der Waals surface area contributed by atoms with Crippen LogP contribution < -0.4 is 10.1 Å². The third kappa shape index (κ3) is 3.39. The maximum atomic E-state index is 12.1. The first-order chi connectivity index (χ1) is 9.97. The number of imide groups is 1. The van der Waals surface area contributed by atoms with Gasteiger partial charge >= 0.3 is 6.03 Å². The summed E-state index contributed by atoms with van der Waals surface area (Å²) in [5, 5.41) is 2.57. The van der Waals surface area contributed by atoms with Gasteiger partial charge in [0.25, 0.3) is 5.91 Å². The smallest absolute Gasteiger partial charge is 0.329 e. The van der Waals surface area contributed by atoms with Gasteiger partial charge in [-0.05, 0) is 69.0 Å². The van der Waals surface area contributed by atoms with Crippen molar-refractivity contribution in [1.29, 1.82) is 0 Å². The number of amides is 3. The quantitative estimate of drug-likeness (QED) is 0.294. The fraction of sp³-hybridized carbons (Fsp3) is 0.143. The third-order valence-electron chi connectivity index (χ3n) is 2.81. The molecule has 0 saturated carbocycles. The summed E-state index contributed by atoms with van der Waals surface area (Å²) in [6.45, 7) is 3.73. The minimum atomic E-state index is -0.427. The van der Waals surface area contributed by atoms with E-state index in [0.29, 0.717) is 0 Å². The summed E-state index contributed by atoms with van der Waals surface area (Å²) >= 11 is 4.34. The molecule has 21 heavy (non-hydrogen) atoms. The van der Waals surface area contributed by atoms with Crippen LogP contribution in [0.25, 0.3) is 6.08 Å². The first kappa shape index (κ1) is 16.3. The summed E-state index contributed by atoms with van der Waals surface area (Å²) < 4.78 is 7.17. The number of carbonyl (C=O) groups excluding carboxylic acids is 2. The summed E-state index contributed by atoms with van der Waals surface area (Å²) in [7, 11) is 1.62. The lowest BCUT2D eigenvalue weighted by Gasteiger charge is -2.08. The molecular formula is C14H12I2N2O3. The van der Waals surface area contributed by atoms with Gasteiger partial charge in [-0.3, -0.25) is 9.69 Å². The largest absolute Gasteiger partial charge is 0.495 e. The molecule has 0 aliphatic carbocycles. The molecule has 2 rings (SSSR count). The van der Waals surface area contributed by atoms with Crippen molar-refractivity contribution in [3.05, 3.63) is 43.2 Å². The van der Waals surface area contributed by atoms with Crippen LogP contribution in [0.5, 0.6) is 5.75 Å². The molecule has 1 aromatic carbocycles. The van der Waals surface area contributed by atoms with Crippen molar-refractivity contribution < 1.29 is 14.3 Å². The molecule has 7 heteroatoms. The Morgan fingerprint density at radius 2 is 1.95 bits per heavy atom. The summed E-state index contributed by atoms with van der Waals surface area (Å²) in [5.41, 5.74) is 1.09. The number of nitrogens with one attached hydrogen (secondary N) is 1. The lowest BCUT2D eigenvalue weighted by Crippen LogP contribution is -2.30. The maximum absolute atomic E-state index is 12.1. The monoisotopic (exact) mass is 510 g/mol. The van der Waals surface area contributed by atoms with E-state index in [1.165, 1.54) is 6.08 Å². The zero-order valence-corrected chi connectivity index (χ0v) is 15.5. The van der Waals surface area contributed by atoms with E-state index in [2.05, 4.69) is 57.1 Å². The van der Waals surface area contributed by atoms with Crippen LogP contribution in [-0.2, 0) is 4.79 Å². The first-order valence-electron chi connectivity index (χ1n) is 5.96. The van der Waals surface area contributed by atoms with Crippen molar-refractivity contribution >= 4 is 63.2 Å². The van der Waals surface area contributed by atoms with Gasteiger partial charge in [0, 0.05) is 6.54 Å². The molecule has 0 atom stereocenters. The minimum absolute atomic E-state index is 0.194. The lowest BCUT2D eigenvalue weighted by atomic mass is 10.2. The molecule has 3 amide bonds. The van der Waals surface area contributed by atoms with Gasteiger partial charge in [-0.1, -0.05) is 6.08 Å². The van der Waals surface area contributed by atoms with Crippen molar-refractivity contribution in [3.63, 3.8) is 0 Å². The molecule has 1 aromatic rings. The van der Waals surface area contributed by atoms with Gasteiger partial charge in [-0.25, -0.2) is 4.79 Å². The second kappa shape index (κ2) is 6.77. The maximum Gasteiger partial charge on any atom is 0.329 e. The van der Waals surface area contributed by atoms with Crippen LogP contribution in [0.1, 0.15) is 5.56 Å². The van der Waals surface area contributed by atoms with E-state index in [-0.39, 0.29) is 18.1 Å². The van der Waals surface area contributed by atoms with Gasteiger partial charge < -0.3 is 10.1 Å². The van der Waals surface area contributed by atoms with E-state index in [1.54, 1.807) is 13.2 Å². The Kier molecular flexibility index (Phi) is 5.25. The number of urea groups is 1. The third-order valence-corrected chi connectivity index (χ3v) is 4.41. The van der Waals surface area contributed by atoms with Crippen LogP contribution in [-0.4, -0.2) is 30.5 Å². The molecule has 5 nitrogen and oxygen atoms in total. The standard InChI is InChI=1S/C14H12I2N2O3/c1-3-4-18-13(19)11(17-14(18)20)7-8-5-9(15)12(21-2)10(16)6-8/h3,5-7H,1,4H2,2H3,(H,17,20)/b11-7-. The van der Waals surface area contributed by atoms with E-state index in [4.69, 9.17) is 4.74 Å². The molecule has 1 fully saturated rings. The van der Waals surface area contributed by atoms with Crippen LogP contribution in [0.15, 0.2) is 30.5 Å². The molecule has 0 radical (unpaired) electrons. The predicted octanol–water partition coefficient (Wildman–Crippen LogP) is 2.98. The Labute approximate surface area is 149 Å². The van der Waals surface area contributed by atoms with Gasteiger partial charge in [-0.15, -0.1) is 6.58 Å². The number of ether oxygens (including phenoxy) is 1. The van der Waals surface area contributed by atoms with Crippen molar-refractivity contribution in [2.75, 3.05) is 13.7 Å². The second-order valence-corrected chi connectivity index (χ2v) is 6.53. The number of benzene rings is 1. The molecule has 110 valence electrons. The normalized spacial score (nSPS) is 16.3. The van der Waals surface area contributed by atoms with Gasteiger partial charge in [0.1, 0.15) is 11.4 Å². The number of rotatable bonds is 4. The number of hydrogen-bond donors (Lipinski definition) is 1. The molecule has 1 saturated heterocycles. The van der Waals surface area contributed by atoms with Crippen LogP contribution in [0, 0.1) is 7.14 Å². The van der Waals surface area contributed by atoms with Gasteiger partial charge in [0.05, 0.1) is 14.3 Å². The Bertz CT molecular complexity index is 633. The number of hydrogen-bond acceptors (Lipinski definition) is 3. The zero-order valence-electron chi connectivity index (χ0n) is 11.2. The SMILES string of the molecule is C=CCN1C(=O)N/C(=C\c2cc(I)c(OC)c(I)c2)C1=O. The minimum Gasteiger partial charge on any atom is -0.495 e. The van der Waals surface area contributed by atoms with E-state index in [9.17, 15) is 9.59 Å². The zero-order chi connectivity index (χ0) is 15.6. The van der Waals surface area contributed by atoms with Gasteiger partial charge in [0.15, 0.2) is 0 Å². The van der Waals surface area contributed by atoms with E-state index >= 15 is 0 Å². The molecule has 0 aromatic heterocycles. The molecule has 0 spiro atoms. The number of carbonyl (C=O) groups is 2. The summed E-state index contributed by atoms with van der Waals surface area (Å²) in [4.78, 5) is 24.9. The molecule has 1 N–H and O–H groups in total. The van der Waals surface area contributed by atoms with Crippen molar-refractivity contribution in [1.82, 2.24) is 10.2 Å². The van der Waals surface area contributed by atoms with Crippen molar-refractivity contribution in [2.24, 2.45) is 0 Å². The van der Waals surface area contributed by atoms with E-state index in [1.807, 2.05) is 12.1 Å². The molecule has 1 aliphatic rings. The van der Waals surface area contributed by atoms with Crippen LogP contribution >= 0.6 is 45.2 Å². The summed E-state index contributed by atoms with van der Waals surface area (Å²) in [6, 6.07) is 3.36. The fourth-order valence-corrected chi connectivity index (χ4v) is 4.15. The van der Waals surface area contributed by atoms with Crippen molar-refractivity contribution in [3.8, 4) is 5.75 Å². The Morgan fingerprint density at radius 3 is 2.48 bits per heavy atom. The van der Waals surface area contributed by atoms with Crippen LogP contribution in [0.2, 0.25) is 0 Å². The molecule has 1 aliphatic heterocycles. The Balaban J connectivity index is 2.35. The van der Waals surface area contributed by atoms with Crippen LogP contribution in [0.3, 0.4) is 0 Å². The van der Waals surface area contributed by atoms with Gasteiger partial charge in [-0.2, -0.15) is 0 Å². The lowest BCUT2D eigenvalue weighted by molar-refractivity contribution is -0.122. The average Bonchev–Trinajstić information content (AvgIpc) is 2.66. The number of nitrogens with zero attached hydrogens (tertiary/aromatic N) is 1. The highest BCUT2D eigenvalue weighted by Crippen LogP contribution is 2.29. The highest BCUT2D eigenvalue weighted by Gasteiger charge is 2.32. The number of halogens is 2. The Hall–Kier alpha value is -1.10. The molecular weight excluding hydrogens is 498 g/mol. The first-order valence-corrected chi connectivity index (χ1v) is 8.12. The summed E-state index contributed by atoms with van der Waals surface area (Å²) in [6.07, 6.45) is 3.17. The Morgan fingerprint density at radius 1 is 1.33 bits per heavy atom.